The molecule has 2 aliphatic rings. The van der Waals surface area contributed by atoms with E-state index in [-0.39, 0.29) is 12.2 Å². The van der Waals surface area contributed by atoms with Crippen molar-refractivity contribution in [3.05, 3.63) is 0 Å². The van der Waals surface area contributed by atoms with Crippen LogP contribution < -0.4 is 0 Å². The highest BCUT2D eigenvalue weighted by atomic mass is 16.6. The first-order chi connectivity index (χ1) is 6.96. The fourth-order valence-electron chi connectivity index (χ4n) is 1.88. The van der Waals surface area contributed by atoms with Crippen LogP contribution in [0.1, 0.15) is 33.6 Å². The van der Waals surface area contributed by atoms with Gasteiger partial charge in [-0.1, -0.05) is 0 Å². The number of carbonyl (C=O) groups excluding carboxylic acids is 1. The third kappa shape index (κ3) is 2.84. The van der Waals surface area contributed by atoms with Gasteiger partial charge < -0.3 is 14.4 Å². The Morgan fingerprint density at radius 3 is 2.80 bits per heavy atom. The van der Waals surface area contributed by atoms with Crippen molar-refractivity contribution < 1.29 is 14.3 Å². The van der Waals surface area contributed by atoms with Crippen molar-refractivity contribution in [3.63, 3.8) is 0 Å². The van der Waals surface area contributed by atoms with E-state index in [4.69, 9.17) is 9.47 Å². The van der Waals surface area contributed by atoms with Crippen LogP contribution in [0.25, 0.3) is 0 Å². The number of fused-ring (bicyclic) bond motifs is 1. The number of rotatable bonds is 0. The van der Waals surface area contributed by atoms with Gasteiger partial charge in [-0.15, -0.1) is 0 Å². The molecule has 0 saturated carbocycles. The largest absolute Gasteiger partial charge is 0.444 e. The number of likely N-dealkylation sites (tertiary alicyclic amines) is 1. The van der Waals surface area contributed by atoms with Gasteiger partial charge in [0.25, 0.3) is 0 Å². The molecule has 86 valence electrons. The Kier molecular flexibility index (Phi) is 2.63. The molecule has 2 unspecified atom stereocenters. The summed E-state index contributed by atoms with van der Waals surface area (Å²) in [6.45, 7) is 7.16. The van der Waals surface area contributed by atoms with Crippen LogP contribution in [0.5, 0.6) is 0 Å². The summed E-state index contributed by atoms with van der Waals surface area (Å²) in [5.41, 5.74) is -0.410. The average molecular weight is 213 g/mol. The summed E-state index contributed by atoms with van der Waals surface area (Å²) in [5.74, 6) is 0. The first-order valence-electron chi connectivity index (χ1n) is 5.59. The molecule has 15 heavy (non-hydrogen) atoms. The molecule has 2 saturated heterocycles. The molecule has 2 aliphatic heterocycles. The lowest BCUT2D eigenvalue weighted by Crippen LogP contribution is -2.38. The summed E-state index contributed by atoms with van der Waals surface area (Å²) in [4.78, 5) is 13.5. The summed E-state index contributed by atoms with van der Waals surface area (Å²) in [6, 6.07) is 0. The maximum Gasteiger partial charge on any atom is 0.410 e. The van der Waals surface area contributed by atoms with Gasteiger partial charge in [-0.05, 0) is 33.6 Å². The van der Waals surface area contributed by atoms with Gasteiger partial charge in [-0.25, -0.2) is 4.79 Å². The van der Waals surface area contributed by atoms with Gasteiger partial charge in [0.1, 0.15) is 11.7 Å². The van der Waals surface area contributed by atoms with E-state index < -0.39 is 5.60 Å². The van der Waals surface area contributed by atoms with Gasteiger partial charge in [-0.3, -0.25) is 0 Å². The molecule has 2 fully saturated rings. The highest BCUT2D eigenvalue weighted by molar-refractivity contribution is 5.68. The first kappa shape index (κ1) is 10.7. The Balaban J connectivity index is 1.88. The summed E-state index contributed by atoms with van der Waals surface area (Å²) >= 11 is 0. The van der Waals surface area contributed by atoms with Crippen molar-refractivity contribution in [1.29, 1.82) is 0 Å². The van der Waals surface area contributed by atoms with E-state index in [2.05, 4.69) is 0 Å². The molecule has 2 rings (SSSR count). The zero-order valence-corrected chi connectivity index (χ0v) is 9.66. The fourth-order valence-corrected chi connectivity index (χ4v) is 1.88. The molecule has 2 atom stereocenters. The highest BCUT2D eigenvalue weighted by Crippen LogP contribution is 2.30. The van der Waals surface area contributed by atoms with Crippen molar-refractivity contribution in [3.8, 4) is 0 Å². The van der Waals surface area contributed by atoms with E-state index in [0.29, 0.717) is 12.6 Å². The predicted molar refractivity (Wildman–Crippen MR) is 55.7 cm³/mol. The zero-order chi connectivity index (χ0) is 11.1. The topological polar surface area (TPSA) is 42.1 Å². The zero-order valence-electron chi connectivity index (χ0n) is 9.66. The number of hydrogen-bond acceptors (Lipinski definition) is 3. The number of epoxide rings is 1. The maximum atomic E-state index is 11.8. The van der Waals surface area contributed by atoms with Crippen LogP contribution in [0.2, 0.25) is 0 Å². The van der Waals surface area contributed by atoms with Gasteiger partial charge in [-0.2, -0.15) is 0 Å². The molecule has 0 aliphatic carbocycles. The summed E-state index contributed by atoms with van der Waals surface area (Å²) < 4.78 is 10.7. The summed E-state index contributed by atoms with van der Waals surface area (Å²) in [7, 11) is 0. The van der Waals surface area contributed by atoms with E-state index >= 15 is 0 Å². The monoisotopic (exact) mass is 213 g/mol. The lowest BCUT2D eigenvalue weighted by molar-refractivity contribution is 0.0234. The van der Waals surface area contributed by atoms with E-state index in [1.807, 2.05) is 20.8 Å². The number of amides is 1. The third-order valence-electron chi connectivity index (χ3n) is 2.66. The molecule has 4 nitrogen and oxygen atoms in total. The van der Waals surface area contributed by atoms with Crippen LogP contribution in [-0.4, -0.2) is 41.9 Å². The van der Waals surface area contributed by atoms with Gasteiger partial charge in [0.2, 0.25) is 0 Å². The highest BCUT2D eigenvalue weighted by Gasteiger charge is 2.43. The van der Waals surface area contributed by atoms with Crippen LogP contribution in [0.15, 0.2) is 0 Å². The van der Waals surface area contributed by atoms with Crippen molar-refractivity contribution in [2.24, 2.45) is 0 Å². The molecule has 0 N–H and O–H groups in total. The molecule has 0 radical (unpaired) electrons. The Morgan fingerprint density at radius 2 is 2.13 bits per heavy atom. The second-order valence-electron chi connectivity index (χ2n) is 5.28. The quantitative estimate of drug-likeness (QED) is 0.576. The van der Waals surface area contributed by atoms with E-state index in [9.17, 15) is 4.79 Å². The Labute approximate surface area is 90.5 Å². The van der Waals surface area contributed by atoms with E-state index in [0.717, 1.165) is 19.4 Å². The van der Waals surface area contributed by atoms with Crippen molar-refractivity contribution in [2.75, 3.05) is 13.1 Å². The molecule has 4 heteroatoms. The summed E-state index contributed by atoms with van der Waals surface area (Å²) in [6.07, 6.45) is 2.54. The predicted octanol–water partition coefficient (Wildman–Crippen LogP) is 1.78. The molecular weight excluding hydrogens is 194 g/mol. The van der Waals surface area contributed by atoms with Crippen molar-refractivity contribution >= 4 is 6.09 Å². The van der Waals surface area contributed by atoms with Crippen LogP contribution >= 0.6 is 0 Å². The minimum atomic E-state index is -0.410. The minimum Gasteiger partial charge on any atom is -0.444 e. The number of hydrogen-bond donors (Lipinski definition) is 0. The Bertz CT molecular complexity index is 259. The molecular formula is C11H19NO3. The SMILES string of the molecule is CC(C)(C)OC(=O)N1CCCC2OC2C1. The Morgan fingerprint density at radius 1 is 1.40 bits per heavy atom. The number of carbonyl (C=O) groups is 1. The summed E-state index contributed by atoms with van der Waals surface area (Å²) in [5, 5.41) is 0. The van der Waals surface area contributed by atoms with Crippen LogP contribution in [0, 0.1) is 0 Å². The van der Waals surface area contributed by atoms with Gasteiger partial charge >= 0.3 is 6.09 Å². The van der Waals surface area contributed by atoms with Crippen LogP contribution in [-0.2, 0) is 9.47 Å². The maximum absolute atomic E-state index is 11.8. The third-order valence-corrected chi connectivity index (χ3v) is 2.66. The van der Waals surface area contributed by atoms with Gasteiger partial charge in [0.05, 0.1) is 12.6 Å². The molecule has 0 aromatic heterocycles. The number of nitrogens with zero attached hydrogens (tertiary/aromatic N) is 1. The molecule has 0 aromatic carbocycles. The first-order valence-corrected chi connectivity index (χ1v) is 5.59. The fraction of sp³-hybridized carbons (Fsp3) is 0.909. The molecule has 1 amide bonds. The smallest absolute Gasteiger partial charge is 0.410 e. The second-order valence-corrected chi connectivity index (χ2v) is 5.28. The molecule has 0 spiro atoms. The second kappa shape index (κ2) is 3.67. The standard InChI is InChI=1S/C11H19NO3/c1-11(2,3)15-10(13)12-6-4-5-8-9(7-12)14-8/h8-9H,4-7H2,1-3H3. The molecule has 2 heterocycles. The lowest BCUT2D eigenvalue weighted by Gasteiger charge is -2.26. The normalized spacial score (nSPS) is 30.5. The van der Waals surface area contributed by atoms with Crippen molar-refractivity contribution in [2.45, 2.75) is 51.4 Å². The van der Waals surface area contributed by atoms with Crippen LogP contribution in [0.3, 0.4) is 0 Å². The average Bonchev–Trinajstić information content (AvgIpc) is 2.74. The van der Waals surface area contributed by atoms with E-state index in [1.165, 1.54) is 0 Å². The van der Waals surface area contributed by atoms with Crippen LogP contribution in [0.4, 0.5) is 4.79 Å². The minimum absolute atomic E-state index is 0.210. The van der Waals surface area contributed by atoms with Gasteiger partial charge in [0.15, 0.2) is 0 Å². The van der Waals surface area contributed by atoms with Crippen molar-refractivity contribution in [1.82, 2.24) is 4.90 Å². The number of ether oxygens (including phenoxy) is 2. The molecule has 0 bridgehead atoms. The lowest BCUT2D eigenvalue weighted by atomic mass is 10.2. The van der Waals surface area contributed by atoms with E-state index in [1.54, 1.807) is 4.90 Å². The Hall–Kier alpha value is -0.770. The molecule has 0 aromatic rings. The van der Waals surface area contributed by atoms with Gasteiger partial charge in [0, 0.05) is 6.54 Å².